The van der Waals surface area contributed by atoms with Crippen molar-refractivity contribution >= 4 is 11.8 Å². The molecule has 1 aliphatic rings. The van der Waals surface area contributed by atoms with Crippen molar-refractivity contribution in [2.75, 3.05) is 19.6 Å². The van der Waals surface area contributed by atoms with Crippen molar-refractivity contribution in [3.8, 4) is 0 Å². The molecule has 5 nitrogen and oxygen atoms in total. The maximum atomic E-state index is 12.5. The normalized spacial score (nSPS) is 18.5. The van der Waals surface area contributed by atoms with E-state index in [1.807, 2.05) is 32.9 Å². The van der Waals surface area contributed by atoms with E-state index in [9.17, 15) is 9.59 Å². The van der Waals surface area contributed by atoms with Crippen LogP contribution in [0, 0.1) is 13.8 Å². The number of nitrogens with zero attached hydrogens (tertiary/aromatic N) is 1. The average molecular weight is 360 g/mol. The minimum absolute atomic E-state index is 0.0160. The molecule has 1 heterocycles. The minimum Gasteiger partial charge on any atom is -0.352 e. The van der Waals surface area contributed by atoms with Crippen LogP contribution in [-0.2, 0) is 4.79 Å². The van der Waals surface area contributed by atoms with Gasteiger partial charge in [-0.2, -0.15) is 0 Å². The van der Waals surface area contributed by atoms with Crippen molar-refractivity contribution in [2.24, 2.45) is 0 Å². The van der Waals surface area contributed by atoms with Crippen molar-refractivity contribution in [3.05, 3.63) is 34.9 Å². The molecule has 0 radical (unpaired) electrons. The van der Waals surface area contributed by atoms with Crippen molar-refractivity contribution < 1.29 is 9.59 Å². The Kier molecular flexibility index (Phi) is 7.64. The molecule has 0 spiro atoms. The number of hydrogen-bond donors (Lipinski definition) is 2. The molecule has 1 aromatic carbocycles. The van der Waals surface area contributed by atoms with Crippen molar-refractivity contribution in [1.29, 1.82) is 0 Å². The first-order chi connectivity index (χ1) is 12.4. The summed E-state index contributed by atoms with van der Waals surface area (Å²) in [6.45, 7) is 10.7. The molecule has 0 aliphatic carbocycles. The summed E-state index contributed by atoms with van der Waals surface area (Å²) in [6.07, 6.45) is 3.84. The van der Waals surface area contributed by atoms with Gasteiger partial charge in [0.05, 0.1) is 6.04 Å². The number of amides is 2. The van der Waals surface area contributed by atoms with Crippen LogP contribution < -0.4 is 10.6 Å². The molecular weight excluding hydrogens is 326 g/mol. The van der Waals surface area contributed by atoms with Gasteiger partial charge in [-0.3, -0.25) is 14.5 Å². The van der Waals surface area contributed by atoms with E-state index in [0.29, 0.717) is 12.1 Å². The fraction of sp³-hybridized carbons (Fsp3) is 0.619. The smallest absolute Gasteiger partial charge is 0.251 e. The van der Waals surface area contributed by atoms with Crippen LogP contribution in [0.4, 0.5) is 0 Å². The number of nitrogens with one attached hydrogen (secondary N) is 2. The van der Waals surface area contributed by atoms with Crippen LogP contribution in [-0.4, -0.2) is 48.4 Å². The van der Waals surface area contributed by atoms with Crippen LogP contribution in [0.2, 0.25) is 0 Å². The molecule has 2 amide bonds. The first-order valence-corrected chi connectivity index (χ1v) is 9.81. The van der Waals surface area contributed by atoms with Crippen LogP contribution >= 0.6 is 0 Å². The first kappa shape index (κ1) is 20.4. The largest absolute Gasteiger partial charge is 0.352 e. The van der Waals surface area contributed by atoms with Crippen molar-refractivity contribution in [3.63, 3.8) is 0 Å². The lowest BCUT2D eigenvalue weighted by molar-refractivity contribution is -0.126. The summed E-state index contributed by atoms with van der Waals surface area (Å²) in [5, 5.41) is 6.07. The highest BCUT2D eigenvalue weighted by atomic mass is 16.2. The number of carbonyl (C=O) groups excluding carboxylic acids is 2. The lowest BCUT2D eigenvalue weighted by atomic mass is 10.1. The van der Waals surface area contributed by atoms with Gasteiger partial charge in [0.25, 0.3) is 5.91 Å². The molecular formula is C21H33N3O2. The molecule has 1 fully saturated rings. The summed E-state index contributed by atoms with van der Waals surface area (Å²) in [4.78, 5) is 27.0. The maximum absolute atomic E-state index is 12.5. The fourth-order valence-electron chi connectivity index (χ4n) is 3.70. The maximum Gasteiger partial charge on any atom is 0.251 e. The molecule has 1 aromatic rings. The Morgan fingerprint density at radius 3 is 2.58 bits per heavy atom. The van der Waals surface area contributed by atoms with Gasteiger partial charge in [-0.1, -0.05) is 24.1 Å². The molecule has 0 aromatic heterocycles. The Labute approximate surface area is 157 Å². The van der Waals surface area contributed by atoms with Gasteiger partial charge in [0.1, 0.15) is 0 Å². The summed E-state index contributed by atoms with van der Waals surface area (Å²) in [5.74, 6) is 0.0734. The fourth-order valence-corrected chi connectivity index (χ4v) is 3.70. The average Bonchev–Trinajstić information content (AvgIpc) is 3.02. The van der Waals surface area contributed by atoms with Gasteiger partial charge in [0, 0.05) is 18.2 Å². The molecule has 1 saturated heterocycles. The van der Waals surface area contributed by atoms with Gasteiger partial charge in [-0.25, -0.2) is 0 Å². The highest BCUT2D eigenvalue weighted by Crippen LogP contribution is 2.17. The standard InChI is InChI=1S/C21H33N3O2/c1-5-10-24-11-6-7-19(24)21(26)23-17(4)8-9-22-20(25)18-13-15(2)12-16(3)14-18/h12-14,17,19H,5-11H2,1-4H3,(H,22,25)(H,23,26)/t17-,19?/m0/s1. The number of benzene rings is 1. The summed E-state index contributed by atoms with van der Waals surface area (Å²) in [7, 11) is 0. The van der Waals surface area contributed by atoms with Crippen LogP contribution in [0.3, 0.4) is 0 Å². The molecule has 0 saturated carbocycles. The molecule has 1 unspecified atom stereocenters. The van der Waals surface area contributed by atoms with Gasteiger partial charge >= 0.3 is 0 Å². The van der Waals surface area contributed by atoms with Crippen LogP contribution in [0.25, 0.3) is 0 Å². The predicted molar refractivity (Wildman–Crippen MR) is 105 cm³/mol. The topological polar surface area (TPSA) is 61.4 Å². The lowest BCUT2D eigenvalue weighted by Crippen LogP contribution is -2.47. The molecule has 2 rings (SSSR count). The molecule has 26 heavy (non-hydrogen) atoms. The van der Waals surface area contributed by atoms with E-state index in [0.717, 1.165) is 49.9 Å². The third-order valence-corrected chi connectivity index (χ3v) is 4.91. The van der Waals surface area contributed by atoms with Crippen LogP contribution in [0.15, 0.2) is 18.2 Å². The lowest BCUT2D eigenvalue weighted by Gasteiger charge is -2.25. The minimum atomic E-state index is -0.0553. The number of likely N-dealkylation sites (tertiary alicyclic amines) is 1. The number of rotatable bonds is 8. The van der Waals surface area contributed by atoms with Crippen LogP contribution in [0.5, 0.6) is 0 Å². The zero-order valence-corrected chi connectivity index (χ0v) is 16.6. The number of hydrogen-bond acceptors (Lipinski definition) is 3. The quantitative estimate of drug-likeness (QED) is 0.750. The zero-order chi connectivity index (χ0) is 19.1. The molecule has 5 heteroatoms. The van der Waals surface area contributed by atoms with E-state index >= 15 is 0 Å². The highest BCUT2D eigenvalue weighted by molar-refractivity contribution is 5.94. The van der Waals surface area contributed by atoms with Crippen molar-refractivity contribution in [1.82, 2.24) is 15.5 Å². The molecule has 0 bridgehead atoms. The van der Waals surface area contributed by atoms with Gasteiger partial charge in [-0.15, -0.1) is 0 Å². The van der Waals surface area contributed by atoms with Gasteiger partial charge in [-0.05, 0) is 71.7 Å². The summed E-state index contributed by atoms with van der Waals surface area (Å²) in [5.41, 5.74) is 2.87. The van der Waals surface area contributed by atoms with Gasteiger partial charge in [0.15, 0.2) is 0 Å². The van der Waals surface area contributed by atoms with Gasteiger partial charge in [0.2, 0.25) is 5.91 Å². The monoisotopic (exact) mass is 359 g/mol. The number of aryl methyl sites for hydroxylation is 2. The summed E-state index contributed by atoms with van der Waals surface area (Å²) < 4.78 is 0. The third-order valence-electron chi connectivity index (χ3n) is 4.91. The second-order valence-corrected chi connectivity index (χ2v) is 7.52. The zero-order valence-electron chi connectivity index (χ0n) is 16.6. The van der Waals surface area contributed by atoms with Gasteiger partial charge < -0.3 is 10.6 Å². The van der Waals surface area contributed by atoms with Crippen molar-refractivity contribution in [2.45, 2.75) is 65.5 Å². The molecule has 1 aliphatic heterocycles. The van der Waals surface area contributed by atoms with E-state index in [1.165, 1.54) is 0 Å². The first-order valence-electron chi connectivity index (χ1n) is 9.81. The summed E-state index contributed by atoms with van der Waals surface area (Å²) >= 11 is 0. The number of carbonyl (C=O) groups is 2. The van der Waals surface area contributed by atoms with Crippen LogP contribution in [0.1, 0.15) is 61.0 Å². The Morgan fingerprint density at radius 2 is 1.92 bits per heavy atom. The Hall–Kier alpha value is -1.88. The van der Waals surface area contributed by atoms with E-state index < -0.39 is 0 Å². The molecule has 144 valence electrons. The Bertz CT molecular complexity index is 609. The second-order valence-electron chi connectivity index (χ2n) is 7.52. The van der Waals surface area contributed by atoms with E-state index in [-0.39, 0.29) is 23.9 Å². The molecule has 2 atom stereocenters. The van der Waals surface area contributed by atoms with E-state index in [2.05, 4.69) is 28.5 Å². The highest BCUT2D eigenvalue weighted by Gasteiger charge is 2.30. The predicted octanol–water partition coefficient (Wildman–Crippen LogP) is 2.80. The molecule has 2 N–H and O–H groups in total. The second kappa shape index (κ2) is 9.72. The Balaban J connectivity index is 1.75. The van der Waals surface area contributed by atoms with E-state index in [1.54, 1.807) is 0 Å². The SMILES string of the molecule is CCCN1CCCC1C(=O)N[C@@H](C)CCNC(=O)c1cc(C)cc(C)c1. The summed E-state index contributed by atoms with van der Waals surface area (Å²) in [6, 6.07) is 5.92. The van der Waals surface area contributed by atoms with E-state index in [4.69, 9.17) is 0 Å². The Morgan fingerprint density at radius 1 is 1.23 bits per heavy atom. The third kappa shape index (κ3) is 5.84.